The van der Waals surface area contributed by atoms with Crippen molar-refractivity contribution >= 4 is 11.0 Å². The van der Waals surface area contributed by atoms with E-state index in [-0.39, 0.29) is 5.63 Å². The standard InChI is InChI=1S/C24H28N2O4/c1-17-4-7-22(29-3)19(12-17)16-26-10-8-25(9-11-26)15-18-13-24(27)30-23-14-20(28-2)5-6-21(18)23/h4-7,12-14H,8-11,15-16H2,1-3H3. The summed E-state index contributed by atoms with van der Waals surface area (Å²) in [5.74, 6) is 1.63. The van der Waals surface area contributed by atoms with Gasteiger partial charge in [-0.2, -0.15) is 0 Å². The van der Waals surface area contributed by atoms with Crippen LogP contribution in [0.3, 0.4) is 0 Å². The minimum absolute atomic E-state index is 0.323. The molecule has 1 aliphatic rings. The second kappa shape index (κ2) is 8.90. The summed E-state index contributed by atoms with van der Waals surface area (Å²) in [6.45, 7) is 7.58. The van der Waals surface area contributed by atoms with Crippen LogP contribution in [0.5, 0.6) is 11.5 Å². The summed E-state index contributed by atoms with van der Waals surface area (Å²) < 4.78 is 16.2. The largest absolute Gasteiger partial charge is 0.497 e. The topological polar surface area (TPSA) is 55.2 Å². The molecule has 2 heterocycles. The lowest BCUT2D eigenvalue weighted by Gasteiger charge is -2.35. The lowest BCUT2D eigenvalue weighted by molar-refractivity contribution is 0.121. The summed E-state index contributed by atoms with van der Waals surface area (Å²) in [5.41, 5.74) is 3.72. The average molecular weight is 408 g/mol. The maximum absolute atomic E-state index is 12.0. The molecule has 1 saturated heterocycles. The average Bonchev–Trinajstić information content (AvgIpc) is 2.74. The molecule has 0 radical (unpaired) electrons. The molecule has 1 fully saturated rings. The van der Waals surface area contributed by atoms with Crippen molar-refractivity contribution in [1.29, 1.82) is 0 Å². The van der Waals surface area contributed by atoms with Crippen molar-refractivity contribution in [3.05, 3.63) is 69.6 Å². The van der Waals surface area contributed by atoms with Crippen LogP contribution in [0.1, 0.15) is 16.7 Å². The molecule has 4 rings (SSSR count). The Morgan fingerprint density at radius 3 is 2.23 bits per heavy atom. The Labute approximate surface area is 176 Å². The van der Waals surface area contributed by atoms with Gasteiger partial charge >= 0.3 is 5.63 Å². The first-order valence-electron chi connectivity index (χ1n) is 10.2. The second-order valence-corrected chi connectivity index (χ2v) is 7.82. The Bertz CT molecular complexity index is 1080. The van der Waals surface area contributed by atoms with E-state index in [0.717, 1.165) is 56.0 Å². The predicted molar refractivity (Wildman–Crippen MR) is 117 cm³/mol. The third-order valence-electron chi connectivity index (χ3n) is 5.73. The summed E-state index contributed by atoms with van der Waals surface area (Å²) in [5, 5.41) is 0.960. The van der Waals surface area contributed by atoms with E-state index in [1.807, 2.05) is 18.2 Å². The number of rotatable bonds is 6. The fraction of sp³-hybridized carbons (Fsp3) is 0.375. The number of hydrogen-bond donors (Lipinski definition) is 0. The molecule has 0 N–H and O–H groups in total. The third-order valence-corrected chi connectivity index (χ3v) is 5.73. The van der Waals surface area contributed by atoms with E-state index < -0.39 is 0 Å². The van der Waals surface area contributed by atoms with Gasteiger partial charge in [0, 0.05) is 62.4 Å². The van der Waals surface area contributed by atoms with Gasteiger partial charge in [0.2, 0.25) is 0 Å². The molecule has 1 aliphatic heterocycles. The minimum Gasteiger partial charge on any atom is -0.497 e. The Kier molecular flexibility index (Phi) is 6.06. The molecule has 3 aromatic rings. The Balaban J connectivity index is 1.43. The highest BCUT2D eigenvalue weighted by Gasteiger charge is 2.19. The molecule has 6 nitrogen and oxygen atoms in total. The number of nitrogens with zero attached hydrogens (tertiary/aromatic N) is 2. The number of hydrogen-bond acceptors (Lipinski definition) is 6. The van der Waals surface area contributed by atoms with Gasteiger partial charge in [-0.1, -0.05) is 17.7 Å². The summed E-state index contributed by atoms with van der Waals surface area (Å²) in [6, 6.07) is 13.6. The van der Waals surface area contributed by atoms with Gasteiger partial charge in [-0.05, 0) is 30.7 Å². The summed E-state index contributed by atoms with van der Waals surface area (Å²) in [4.78, 5) is 16.9. The molecule has 0 atom stereocenters. The molecule has 0 saturated carbocycles. The highest BCUT2D eigenvalue weighted by Crippen LogP contribution is 2.25. The van der Waals surface area contributed by atoms with Crippen LogP contribution in [-0.4, -0.2) is 50.2 Å². The normalized spacial score (nSPS) is 15.4. The van der Waals surface area contributed by atoms with Gasteiger partial charge in [-0.15, -0.1) is 0 Å². The fourth-order valence-corrected chi connectivity index (χ4v) is 4.09. The molecule has 6 heteroatoms. The van der Waals surface area contributed by atoms with Crippen LogP contribution in [0, 0.1) is 6.92 Å². The Hall–Kier alpha value is -2.83. The molecule has 158 valence electrons. The van der Waals surface area contributed by atoms with Gasteiger partial charge in [-0.25, -0.2) is 4.79 Å². The van der Waals surface area contributed by atoms with Crippen LogP contribution in [-0.2, 0) is 13.1 Å². The van der Waals surface area contributed by atoms with Crippen LogP contribution >= 0.6 is 0 Å². The summed E-state index contributed by atoms with van der Waals surface area (Å²) in [7, 11) is 3.33. The van der Waals surface area contributed by atoms with Crippen molar-refractivity contribution < 1.29 is 13.9 Å². The molecular formula is C24H28N2O4. The fourth-order valence-electron chi connectivity index (χ4n) is 4.09. The molecule has 30 heavy (non-hydrogen) atoms. The van der Waals surface area contributed by atoms with Crippen molar-refractivity contribution in [3.8, 4) is 11.5 Å². The van der Waals surface area contributed by atoms with Crippen LogP contribution in [0.25, 0.3) is 11.0 Å². The molecule has 2 aromatic carbocycles. The van der Waals surface area contributed by atoms with Gasteiger partial charge < -0.3 is 13.9 Å². The Morgan fingerprint density at radius 2 is 1.57 bits per heavy atom. The zero-order chi connectivity index (χ0) is 21.1. The molecule has 0 amide bonds. The van der Waals surface area contributed by atoms with Gasteiger partial charge in [0.25, 0.3) is 0 Å². The van der Waals surface area contributed by atoms with Gasteiger partial charge in [0.05, 0.1) is 14.2 Å². The monoisotopic (exact) mass is 408 g/mol. The maximum atomic E-state index is 12.0. The number of ether oxygens (including phenoxy) is 2. The zero-order valence-electron chi connectivity index (χ0n) is 17.8. The molecule has 0 spiro atoms. The molecule has 0 aliphatic carbocycles. The molecule has 0 unspecified atom stereocenters. The number of aryl methyl sites for hydroxylation is 1. The van der Waals surface area contributed by atoms with E-state index in [2.05, 4.69) is 28.9 Å². The van der Waals surface area contributed by atoms with Crippen molar-refractivity contribution in [3.63, 3.8) is 0 Å². The van der Waals surface area contributed by atoms with E-state index in [1.54, 1.807) is 26.4 Å². The van der Waals surface area contributed by atoms with Crippen LogP contribution < -0.4 is 15.1 Å². The summed E-state index contributed by atoms with van der Waals surface area (Å²) >= 11 is 0. The van der Waals surface area contributed by atoms with Crippen LogP contribution in [0.15, 0.2) is 51.7 Å². The highest BCUT2D eigenvalue weighted by atomic mass is 16.5. The van der Waals surface area contributed by atoms with Gasteiger partial charge in [0.15, 0.2) is 0 Å². The SMILES string of the molecule is COc1ccc2c(CN3CCN(Cc4cc(C)ccc4OC)CC3)cc(=O)oc2c1. The molecular weight excluding hydrogens is 380 g/mol. The first-order valence-corrected chi connectivity index (χ1v) is 10.2. The van der Waals surface area contributed by atoms with Crippen LogP contribution in [0.2, 0.25) is 0 Å². The summed E-state index contributed by atoms with van der Waals surface area (Å²) in [6.07, 6.45) is 0. The van der Waals surface area contributed by atoms with Gasteiger partial charge in [-0.3, -0.25) is 9.80 Å². The minimum atomic E-state index is -0.323. The number of piperazine rings is 1. The van der Waals surface area contributed by atoms with E-state index in [0.29, 0.717) is 11.3 Å². The van der Waals surface area contributed by atoms with Crippen molar-refractivity contribution in [2.24, 2.45) is 0 Å². The number of methoxy groups -OCH3 is 2. The van der Waals surface area contributed by atoms with E-state index in [4.69, 9.17) is 13.9 Å². The Morgan fingerprint density at radius 1 is 0.867 bits per heavy atom. The molecule has 0 bridgehead atoms. The number of benzene rings is 2. The lowest BCUT2D eigenvalue weighted by Crippen LogP contribution is -2.45. The van der Waals surface area contributed by atoms with Gasteiger partial charge in [0.1, 0.15) is 17.1 Å². The van der Waals surface area contributed by atoms with Crippen molar-refractivity contribution in [2.45, 2.75) is 20.0 Å². The van der Waals surface area contributed by atoms with E-state index >= 15 is 0 Å². The van der Waals surface area contributed by atoms with E-state index in [1.165, 1.54) is 11.1 Å². The third kappa shape index (κ3) is 4.50. The predicted octanol–water partition coefficient (Wildman–Crippen LogP) is 3.44. The first kappa shape index (κ1) is 20.4. The number of fused-ring (bicyclic) bond motifs is 1. The lowest BCUT2D eigenvalue weighted by atomic mass is 10.1. The van der Waals surface area contributed by atoms with Crippen molar-refractivity contribution in [1.82, 2.24) is 9.80 Å². The first-order chi connectivity index (χ1) is 14.6. The quantitative estimate of drug-likeness (QED) is 0.583. The van der Waals surface area contributed by atoms with Crippen molar-refractivity contribution in [2.75, 3.05) is 40.4 Å². The second-order valence-electron chi connectivity index (χ2n) is 7.82. The zero-order valence-corrected chi connectivity index (χ0v) is 17.8. The maximum Gasteiger partial charge on any atom is 0.336 e. The molecule has 1 aromatic heterocycles. The smallest absolute Gasteiger partial charge is 0.336 e. The van der Waals surface area contributed by atoms with E-state index in [9.17, 15) is 4.79 Å². The van der Waals surface area contributed by atoms with Crippen LogP contribution in [0.4, 0.5) is 0 Å². The highest BCUT2D eigenvalue weighted by molar-refractivity contribution is 5.81.